The topological polar surface area (TPSA) is 49.4 Å². The molecule has 0 fully saturated rings. The first-order valence-corrected chi connectivity index (χ1v) is 8.05. The van der Waals surface area contributed by atoms with Crippen LogP contribution in [0.5, 0.6) is 0 Å². The summed E-state index contributed by atoms with van der Waals surface area (Å²) in [6, 6.07) is 4.13. The van der Waals surface area contributed by atoms with Gasteiger partial charge in [0.15, 0.2) is 11.6 Å². The van der Waals surface area contributed by atoms with Gasteiger partial charge in [0.25, 0.3) is 11.8 Å². The Balaban J connectivity index is 2.43. The minimum absolute atomic E-state index is 0.145. The van der Waals surface area contributed by atoms with Gasteiger partial charge in [-0.15, -0.1) is 0 Å². The lowest BCUT2D eigenvalue weighted by atomic mass is 10.1. The standard InChI is InChI=1S/C18H15ClF4N2O2/c1-18(2,3)25(17(27)10-5-4-9(20)8-11(10)19)24-16(26)14-12(21)6-7-13(22)15(14)23/h4-8H,1-3H3,(H,24,26). The number of carbonyl (C=O) groups excluding carboxylic acids is 2. The zero-order chi connectivity index (χ0) is 20.5. The van der Waals surface area contributed by atoms with Crippen LogP contribution in [0.25, 0.3) is 0 Å². The van der Waals surface area contributed by atoms with Gasteiger partial charge in [0.1, 0.15) is 17.2 Å². The van der Waals surface area contributed by atoms with E-state index in [1.165, 1.54) is 20.8 Å². The smallest absolute Gasteiger partial charge is 0.267 e. The maximum absolute atomic E-state index is 13.9. The quantitative estimate of drug-likeness (QED) is 0.457. The van der Waals surface area contributed by atoms with E-state index < -0.39 is 46.2 Å². The number of benzene rings is 2. The van der Waals surface area contributed by atoms with Crippen molar-refractivity contribution in [2.75, 3.05) is 0 Å². The highest BCUT2D eigenvalue weighted by molar-refractivity contribution is 6.33. The Morgan fingerprint density at radius 2 is 1.59 bits per heavy atom. The molecule has 0 unspecified atom stereocenters. The van der Waals surface area contributed by atoms with Crippen LogP contribution in [0, 0.1) is 23.3 Å². The molecule has 27 heavy (non-hydrogen) atoms. The van der Waals surface area contributed by atoms with Crippen molar-refractivity contribution < 1.29 is 27.2 Å². The highest BCUT2D eigenvalue weighted by Gasteiger charge is 2.32. The van der Waals surface area contributed by atoms with E-state index in [1.807, 2.05) is 0 Å². The molecule has 9 heteroatoms. The maximum atomic E-state index is 13.9. The van der Waals surface area contributed by atoms with Crippen molar-refractivity contribution >= 4 is 23.4 Å². The summed E-state index contributed by atoms with van der Waals surface area (Å²) in [7, 11) is 0. The van der Waals surface area contributed by atoms with Crippen LogP contribution in [0.2, 0.25) is 5.02 Å². The largest absolute Gasteiger partial charge is 0.275 e. The van der Waals surface area contributed by atoms with Crippen LogP contribution in [0.3, 0.4) is 0 Å². The number of rotatable bonds is 2. The fourth-order valence-electron chi connectivity index (χ4n) is 2.20. The van der Waals surface area contributed by atoms with E-state index in [9.17, 15) is 27.2 Å². The zero-order valence-electron chi connectivity index (χ0n) is 14.5. The van der Waals surface area contributed by atoms with E-state index in [-0.39, 0.29) is 10.6 Å². The molecule has 2 aromatic rings. The highest BCUT2D eigenvalue weighted by Crippen LogP contribution is 2.23. The van der Waals surface area contributed by atoms with Gasteiger partial charge < -0.3 is 0 Å². The molecule has 0 aromatic heterocycles. The second-order valence-electron chi connectivity index (χ2n) is 6.59. The van der Waals surface area contributed by atoms with Gasteiger partial charge in [0.2, 0.25) is 0 Å². The zero-order valence-corrected chi connectivity index (χ0v) is 15.3. The third-order valence-corrected chi connectivity index (χ3v) is 3.83. The van der Waals surface area contributed by atoms with Crippen LogP contribution in [-0.4, -0.2) is 22.4 Å². The van der Waals surface area contributed by atoms with Gasteiger partial charge in [-0.2, -0.15) is 0 Å². The highest BCUT2D eigenvalue weighted by atomic mass is 35.5. The molecule has 0 saturated heterocycles. The maximum Gasteiger partial charge on any atom is 0.275 e. The second kappa shape index (κ2) is 7.56. The molecule has 144 valence electrons. The molecule has 2 amide bonds. The first-order valence-electron chi connectivity index (χ1n) is 7.67. The SMILES string of the molecule is CC(C)(C)N(NC(=O)c1c(F)ccc(F)c1F)C(=O)c1ccc(F)cc1Cl. The number of hydrogen-bond donors (Lipinski definition) is 1. The molecule has 0 atom stereocenters. The van der Waals surface area contributed by atoms with Crippen molar-refractivity contribution in [2.45, 2.75) is 26.3 Å². The Hall–Kier alpha value is -2.61. The Morgan fingerprint density at radius 3 is 2.15 bits per heavy atom. The van der Waals surface area contributed by atoms with E-state index in [1.54, 1.807) is 0 Å². The summed E-state index contributed by atoms with van der Waals surface area (Å²) in [6.07, 6.45) is 0. The minimum atomic E-state index is -1.69. The monoisotopic (exact) mass is 402 g/mol. The molecular weight excluding hydrogens is 388 g/mol. The molecule has 4 nitrogen and oxygen atoms in total. The lowest BCUT2D eigenvalue weighted by molar-refractivity contribution is 0.0355. The minimum Gasteiger partial charge on any atom is -0.267 e. The van der Waals surface area contributed by atoms with Crippen LogP contribution in [0.15, 0.2) is 30.3 Å². The molecule has 0 aliphatic heterocycles. The summed E-state index contributed by atoms with van der Waals surface area (Å²) in [4.78, 5) is 25.1. The molecular formula is C18H15ClF4N2O2. The van der Waals surface area contributed by atoms with E-state index in [0.717, 1.165) is 23.2 Å². The van der Waals surface area contributed by atoms with Gasteiger partial charge in [0.05, 0.1) is 16.1 Å². The molecule has 2 rings (SSSR count). The van der Waals surface area contributed by atoms with Gasteiger partial charge in [-0.1, -0.05) is 11.6 Å². The molecule has 1 N–H and O–H groups in total. The third kappa shape index (κ3) is 4.39. The van der Waals surface area contributed by atoms with E-state index >= 15 is 0 Å². The van der Waals surface area contributed by atoms with Crippen LogP contribution in [0.4, 0.5) is 17.6 Å². The van der Waals surface area contributed by atoms with Crippen molar-refractivity contribution in [3.05, 3.63) is 69.8 Å². The van der Waals surface area contributed by atoms with Crippen LogP contribution in [-0.2, 0) is 0 Å². The van der Waals surface area contributed by atoms with Crippen LogP contribution >= 0.6 is 11.6 Å². The first kappa shape index (κ1) is 20.7. The fraction of sp³-hybridized carbons (Fsp3) is 0.222. The Labute approximate surface area is 157 Å². The summed E-state index contributed by atoms with van der Waals surface area (Å²) >= 11 is 5.87. The Kier molecular flexibility index (Phi) is 5.79. The lowest BCUT2D eigenvalue weighted by Crippen LogP contribution is -2.56. The van der Waals surface area contributed by atoms with E-state index in [2.05, 4.69) is 5.43 Å². The van der Waals surface area contributed by atoms with Crippen molar-refractivity contribution in [1.29, 1.82) is 0 Å². The van der Waals surface area contributed by atoms with Crippen molar-refractivity contribution in [3.63, 3.8) is 0 Å². The summed E-state index contributed by atoms with van der Waals surface area (Å²) in [5, 5.41) is 0.560. The number of nitrogens with zero attached hydrogens (tertiary/aromatic N) is 1. The Morgan fingerprint density at radius 1 is 1.00 bits per heavy atom. The van der Waals surface area contributed by atoms with Gasteiger partial charge in [-0.05, 0) is 51.1 Å². The summed E-state index contributed by atoms with van der Waals surface area (Å²) in [5.41, 5.74) is -0.320. The molecule has 0 spiro atoms. The number of hydrogen-bond acceptors (Lipinski definition) is 2. The molecule has 0 saturated carbocycles. The number of nitrogens with one attached hydrogen (secondary N) is 1. The molecule has 0 bridgehead atoms. The van der Waals surface area contributed by atoms with Gasteiger partial charge in [-0.25, -0.2) is 22.6 Å². The number of hydrazine groups is 1. The molecule has 0 radical (unpaired) electrons. The van der Waals surface area contributed by atoms with Crippen molar-refractivity contribution in [2.24, 2.45) is 0 Å². The van der Waals surface area contributed by atoms with Gasteiger partial charge in [0, 0.05) is 0 Å². The fourth-order valence-corrected chi connectivity index (χ4v) is 2.45. The molecule has 0 heterocycles. The predicted octanol–water partition coefficient (Wildman–Crippen LogP) is 4.48. The number of carbonyl (C=O) groups is 2. The number of halogens is 5. The average molecular weight is 403 g/mol. The lowest BCUT2D eigenvalue weighted by Gasteiger charge is -2.35. The second-order valence-corrected chi connectivity index (χ2v) is 7.00. The average Bonchev–Trinajstić information content (AvgIpc) is 2.55. The predicted molar refractivity (Wildman–Crippen MR) is 91.1 cm³/mol. The normalized spacial score (nSPS) is 11.3. The van der Waals surface area contributed by atoms with Gasteiger partial charge in [-0.3, -0.25) is 15.0 Å². The Bertz CT molecular complexity index is 913. The van der Waals surface area contributed by atoms with Crippen molar-refractivity contribution in [1.82, 2.24) is 10.4 Å². The van der Waals surface area contributed by atoms with Gasteiger partial charge >= 0.3 is 0 Å². The molecule has 2 aromatic carbocycles. The van der Waals surface area contributed by atoms with Crippen LogP contribution < -0.4 is 5.43 Å². The van der Waals surface area contributed by atoms with E-state index in [4.69, 9.17) is 11.6 Å². The van der Waals surface area contributed by atoms with Crippen molar-refractivity contribution in [3.8, 4) is 0 Å². The molecule has 0 aliphatic rings. The third-order valence-electron chi connectivity index (χ3n) is 3.52. The summed E-state index contributed by atoms with van der Waals surface area (Å²) in [6.45, 7) is 4.59. The van der Waals surface area contributed by atoms with E-state index in [0.29, 0.717) is 12.1 Å². The molecule has 0 aliphatic carbocycles. The number of amides is 2. The summed E-state index contributed by atoms with van der Waals surface area (Å²) in [5.74, 6) is -7.30. The first-order chi connectivity index (χ1) is 12.4. The van der Waals surface area contributed by atoms with Crippen LogP contribution in [0.1, 0.15) is 41.5 Å². The summed E-state index contributed by atoms with van der Waals surface area (Å²) < 4.78 is 54.2.